The molecule has 1 saturated heterocycles. The zero-order chi connectivity index (χ0) is 19.2. The molecule has 1 fully saturated rings. The second kappa shape index (κ2) is 10.1. The van der Waals surface area contributed by atoms with Crippen molar-refractivity contribution in [3.05, 3.63) is 59.7 Å². The van der Waals surface area contributed by atoms with Crippen molar-refractivity contribution in [2.45, 2.75) is 13.3 Å². The number of para-hydroxylation sites is 1. The van der Waals surface area contributed by atoms with Crippen LogP contribution in [0.3, 0.4) is 0 Å². The summed E-state index contributed by atoms with van der Waals surface area (Å²) in [4.78, 5) is 27.0. The average molecular weight is 403 g/mol. The van der Waals surface area contributed by atoms with Crippen LogP contribution in [0, 0.1) is 12.8 Å². The molecule has 2 aromatic rings. The predicted molar refractivity (Wildman–Crippen MR) is 115 cm³/mol. The van der Waals surface area contributed by atoms with Crippen molar-refractivity contribution in [2.75, 3.05) is 37.3 Å². The van der Waals surface area contributed by atoms with E-state index >= 15 is 0 Å². The van der Waals surface area contributed by atoms with Crippen LogP contribution >= 0.6 is 12.4 Å². The van der Waals surface area contributed by atoms with Gasteiger partial charge in [0.05, 0.1) is 0 Å². The fraction of sp³-hybridized carbons (Fsp3) is 0.333. The highest BCUT2D eigenvalue weighted by Gasteiger charge is 2.26. The lowest BCUT2D eigenvalue weighted by atomic mass is 10.1. The molecule has 0 radical (unpaired) electrons. The van der Waals surface area contributed by atoms with Gasteiger partial charge in [-0.1, -0.05) is 24.3 Å². The lowest BCUT2D eigenvalue weighted by Crippen LogP contribution is -2.30. The smallest absolute Gasteiger partial charge is 0.323 e. The highest BCUT2D eigenvalue weighted by atomic mass is 35.5. The number of anilines is 2. The van der Waals surface area contributed by atoms with Crippen LogP contribution in [0.1, 0.15) is 22.3 Å². The number of halogens is 1. The maximum atomic E-state index is 12.8. The Bertz CT molecular complexity index is 813. The molecule has 0 aromatic heterocycles. The van der Waals surface area contributed by atoms with Crippen LogP contribution in [0.4, 0.5) is 16.2 Å². The summed E-state index contributed by atoms with van der Waals surface area (Å²) in [6, 6.07) is 14.4. The van der Waals surface area contributed by atoms with Gasteiger partial charge in [-0.05, 0) is 62.7 Å². The Kier molecular flexibility index (Phi) is 7.84. The first-order valence-electron chi connectivity index (χ1n) is 9.24. The van der Waals surface area contributed by atoms with Crippen LogP contribution in [0.15, 0.2) is 48.5 Å². The maximum absolute atomic E-state index is 12.8. The van der Waals surface area contributed by atoms with E-state index < -0.39 is 0 Å². The normalized spacial score (nSPS) is 15.6. The third-order valence-electron chi connectivity index (χ3n) is 4.83. The number of nitrogens with zero attached hydrogens (tertiary/aromatic N) is 1. The summed E-state index contributed by atoms with van der Waals surface area (Å²) in [6.45, 7) is 4.37. The van der Waals surface area contributed by atoms with E-state index in [1.807, 2.05) is 61.3 Å². The minimum Gasteiger partial charge on any atom is -0.338 e. The third-order valence-corrected chi connectivity index (χ3v) is 4.83. The number of rotatable bonds is 5. The largest absolute Gasteiger partial charge is 0.338 e. The van der Waals surface area contributed by atoms with Crippen molar-refractivity contribution in [2.24, 2.45) is 5.92 Å². The molecule has 0 aliphatic carbocycles. The fourth-order valence-electron chi connectivity index (χ4n) is 3.35. The number of urea groups is 1. The number of hydrogen-bond donors (Lipinski definition) is 3. The molecule has 7 heteroatoms. The first kappa shape index (κ1) is 21.7. The minimum atomic E-state index is -0.329. The van der Waals surface area contributed by atoms with Crippen LogP contribution in [-0.2, 0) is 0 Å². The summed E-state index contributed by atoms with van der Waals surface area (Å²) >= 11 is 0. The van der Waals surface area contributed by atoms with Gasteiger partial charge in [-0.25, -0.2) is 4.79 Å². The van der Waals surface area contributed by atoms with E-state index in [0.29, 0.717) is 22.9 Å². The van der Waals surface area contributed by atoms with Crippen LogP contribution in [0.25, 0.3) is 0 Å². The average Bonchev–Trinajstić information content (AvgIpc) is 3.13. The van der Waals surface area contributed by atoms with Crippen molar-refractivity contribution >= 4 is 35.7 Å². The van der Waals surface area contributed by atoms with Crippen molar-refractivity contribution in [1.82, 2.24) is 10.2 Å². The summed E-state index contributed by atoms with van der Waals surface area (Å²) in [5.74, 6) is 0.513. The van der Waals surface area contributed by atoms with E-state index in [9.17, 15) is 9.59 Å². The number of benzene rings is 2. The fourth-order valence-corrected chi connectivity index (χ4v) is 3.35. The lowest BCUT2D eigenvalue weighted by Gasteiger charge is -2.18. The van der Waals surface area contributed by atoms with Gasteiger partial charge in [0.15, 0.2) is 0 Å². The zero-order valence-electron chi connectivity index (χ0n) is 16.2. The van der Waals surface area contributed by atoms with Gasteiger partial charge in [-0.15, -0.1) is 12.4 Å². The maximum Gasteiger partial charge on any atom is 0.323 e. The Morgan fingerprint density at radius 3 is 2.57 bits per heavy atom. The number of nitrogens with one attached hydrogen (secondary N) is 3. The van der Waals surface area contributed by atoms with Crippen LogP contribution in [0.5, 0.6) is 0 Å². The van der Waals surface area contributed by atoms with Gasteiger partial charge >= 0.3 is 6.03 Å². The topological polar surface area (TPSA) is 73.5 Å². The number of likely N-dealkylation sites (tertiary alicyclic amines) is 1. The van der Waals surface area contributed by atoms with E-state index in [0.717, 1.165) is 31.6 Å². The van der Waals surface area contributed by atoms with Crippen molar-refractivity contribution in [1.29, 1.82) is 0 Å². The molecular weight excluding hydrogens is 376 g/mol. The lowest BCUT2D eigenvalue weighted by molar-refractivity contribution is 0.0787. The van der Waals surface area contributed by atoms with Gasteiger partial charge in [0.1, 0.15) is 0 Å². The molecule has 1 unspecified atom stereocenters. The Morgan fingerprint density at radius 2 is 1.86 bits per heavy atom. The van der Waals surface area contributed by atoms with Gasteiger partial charge in [-0.3, -0.25) is 4.79 Å². The number of carbonyl (C=O) groups excluding carboxylic acids is 2. The molecule has 0 spiro atoms. The molecular formula is C21H27ClN4O2. The molecule has 1 aliphatic heterocycles. The monoisotopic (exact) mass is 402 g/mol. The minimum absolute atomic E-state index is 0. The number of amides is 3. The quantitative estimate of drug-likeness (QED) is 0.713. The van der Waals surface area contributed by atoms with Crippen LogP contribution in [0.2, 0.25) is 0 Å². The van der Waals surface area contributed by atoms with Gasteiger partial charge in [0.25, 0.3) is 5.91 Å². The zero-order valence-corrected chi connectivity index (χ0v) is 17.0. The van der Waals surface area contributed by atoms with Crippen LogP contribution < -0.4 is 16.0 Å². The SMILES string of the molecule is CNCC1CCN(C(=O)c2ccc(C)c(NC(=O)Nc3ccccc3)c2)C1.Cl. The van der Waals surface area contributed by atoms with Crippen molar-refractivity contribution < 1.29 is 9.59 Å². The van der Waals surface area contributed by atoms with Gasteiger partial charge in [0, 0.05) is 30.0 Å². The Labute approximate surface area is 172 Å². The van der Waals surface area contributed by atoms with Gasteiger partial charge in [-0.2, -0.15) is 0 Å². The highest BCUT2D eigenvalue weighted by Crippen LogP contribution is 2.22. The summed E-state index contributed by atoms with van der Waals surface area (Å²) < 4.78 is 0. The summed E-state index contributed by atoms with van der Waals surface area (Å²) in [7, 11) is 1.93. The molecule has 1 atom stereocenters. The Hall–Kier alpha value is -2.57. The molecule has 0 bridgehead atoms. The number of carbonyl (C=O) groups is 2. The standard InChI is InChI=1S/C21H26N4O2.ClH/c1-15-8-9-17(20(26)25-11-10-16(14-25)13-22-2)12-19(15)24-21(27)23-18-6-4-3-5-7-18;/h3-9,12,16,22H,10-11,13-14H2,1-2H3,(H2,23,24,27);1H. The van der Waals surface area contributed by atoms with E-state index in [2.05, 4.69) is 16.0 Å². The predicted octanol–water partition coefficient (Wildman–Crippen LogP) is 3.74. The molecule has 6 nitrogen and oxygen atoms in total. The highest BCUT2D eigenvalue weighted by molar-refractivity contribution is 6.02. The van der Waals surface area contributed by atoms with E-state index in [4.69, 9.17) is 0 Å². The van der Waals surface area contributed by atoms with Gasteiger partial charge < -0.3 is 20.9 Å². The van der Waals surface area contributed by atoms with E-state index in [1.54, 1.807) is 6.07 Å². The van der Waals surface area contributed by atoms with Crippen LogP contribution in [-0.4, -0.2) is 43.5 Å². The molecule has 28 heavy (non-hydrogen) atoms. The van der Waals surface area contributed by atoms with E-state index in [1.165, 1.54) is 0 Å². The molecule has 3 N–H and O–H groups in total. The first-order chi connectivity index (χ1) is 13.1. The second-order valence-electron chi connectivity index (χ2n) is 6.94. The van der Waals surface area contributed by atoms with E-state index in [-0.39, 0.29) is 24.3 Å². The summed E-state index contributed by atoms with van der Waals surface area (Å²) in [6.07, 6.45) is 1.02. The summed E-state index contributed by atoms with van der Waals surface area (Å²) in [5.41, 5.74) is 2.86. The van der Waals surface area contributed by atoms with Crippen molar-refractivity contribution in [3.8, 4) is 0 Å². The molecule has 3 rings (SSSR count). The number of hydrogen-bond acceptors (Lipinski definition) is 3. The molecule has 2 aromatic carbocycles. The van der Waals surface area contributed by atoms with Crippen molar-refractivity contribution in [3.63, 3.8) is 0 Å². The number of aryl methyl sites for hydroxylation is 1. The third kappa shape index (κ3) is 5.47. The Balaban J connectivity index is 0.00000280. The Morgan fingerprint density at radius 1 is 1.11 bits per heavy atom. The molecule has 1 heterocycles. The second-order valence-corrected chi connectivity index (χ2v) is 6.94. The molecule has 3 amide bonds. The molecule has 0 saturated carbocycles. The van der Waals surface area contributed by atoms with Gasteiger partial charge in [0.2, 0.25) is 0 Å². The molecule has 150 valence electrons. The molecule has 1 aliphatic rings. The first-order valence-corrected chi connectivity index (χ1v) is 9.24. The summed E-state index contributed by atoms with van der Waals surface area (Å²) in [5, 5.41) is 8.81.